The van der Waals surface area contributed by atoms with E-state index in [4.69, 9.17) is 9.47 Å². The molecule has 0 amide bonds. The quantitative estimate of drug-likeness (QED) is 0.650. The van der Waals surface area contributed by atoms with Gasteiger partial charge < -0.3 is 14.8 Å². The Bertz CT molecular complexity index is 629. The number of nitrogens with one attached hydrogen (secondary N) is 1. The normalized spacial score (nSPS) is 10.9. The zero-order valence-corrected chi connectivity index (χ0v) is 16.5. The Labute approximate surface area is 158 Å². The molecule has 0 aliphatic heterocycles. The molecule has 2 aromatic rings. The summed E-state index contributed by atoms with van der Waals surface area (Å²) >= 11 is 0. The highest BCUT2D eigenvalue weighted by molar-refractivity contribution is 5.85. The molecule has 138 valence electrons. The molecule has 0 aliphatic rings. The summed E-state index contributed by atoms with van der Waals surface area (Å²) in [4.78, 5) is 0. The van der Waals surface area contributed by atoms with E-state index < -0.39 is 0 Å². The van der Waals surface area contributed by atoms with E-state index in [0.717, 1.165) is 30.0 Å². The van der Waals surface area contributed by atoms with Gasteiger partial charge in [-0.25, -0.2) is 0 Å². The second kappa shape index (κ2) is 10.3. The maximum Gasteiger partial charge on any atom is 0.161 e. The fourth-order valence-electron chi connectivity index (χ4n) is 2.25. The fraction of sp³-hybridized carbons (Fsp3) is 0.429. The molecule has 0 heterocycles. The second-order valence-electron chi connectivity index (χ2n) is 6.58. The van der Waals surface area contributed by atoms with Crippen molar-refractivity contribution in [2.24, 2.45) is 0 Å². The lowest BCUT2D eigenvalue weighted by Crippen LogP contribution is -2.37. The molecule has 0 aliphatic carbocycles. The third-order valence-electron chi connectivity index (χ3n) is 4.20. The van der Waals surface area contributed by atoms with Gasteiger partial charge in [-0.05, 0) is 50.5 Å². The number of hydrogen-bond donors (Lipinski definition) is 1. The largest absolute Gasteiger partial charge is 0.490 e. The summed E-state index contributed by atoms with van der Waals surface area (Å²) in [5.74, 6) is 1.60. The van der Waals surface area contributed by atoms with Gasteiger partial charge in [0.15, 0.2) is 11.5 Å². The minimum atomic E-state index is 0. The number of benzene rings is 2. The Balaban J connectivity index is 0.00000312. The first-order valence-electron chi connectivity index (χ1n) is 8.71. The van der Waals surface area contributed by atoms with E-state index in [0.29, 0.717) is 13.2 Å². The van der Waals surface area contributed by atoms with Crippen LogP contribution in [-0.4, -0.2) is 12.1 Å². The smallest absolute Gasteiger partial charge is 0.161 e. The molecule has 0 fully saturated rings. The standard InChI is InChI=1S/C21H29NO2.ClH/c1-5-21(3,4)22-15-18-12-13-19(20(14-18)23-6-2)24-16-17-10-8-7-9-11-17;/h7-14,22H,5-6,15-16H2,1-4H3;1H. The van der Waals surface area contributed by atoms with E-state index in [1.165, 1.54) is 5.56 Å². The average molecular weight is 364 g/mol. The summed E-state index contributed by atoms with van der Waals surface area (Å²) < 4.78 is 11.7. The maximum atomic E-state index is 5.95. The Hall–Kier alpha value is -1.71. The molecular weight excluding hydrogens is 334 g/mol. The van der Waals surface area contributed by atoms with Gasteiger partial charge in [-0.1, -0.05) is 43.3 Å². The number of hydrogen-bond acceptors (Lipinski definition) is 3. The third kappa shape index (κ3) is 6.97. The lowest BCUT2D eigenvalue weighted by atomic mass is 10.0. The zero-order chi connectivity index (χ0) is 17.4. The monoisotopic (exact) mass is 363 g/mol. The van der Waals surface area contributed by atoms with Gasteiger partial charge in [-0.3, -0.25) is 0 Å². The summed E-state index contributed by atoms with van der Waals surface area (Å²) in [6, 6.07) is 16.3. The van der Waals surface area contributed by atoms with Crippen LogP contribution < -0.4 is 14.8 Å². The Morgan fingerprint density at radius 1 is 0.880 bits per heavy atom. The van der Waals surface area contributed by atoms with Gasteiger partial charge in [-0.15, -0.1) is 12.4 Å². The van der Waals surface area contributed by atoms with Crippen molar-refractivity contribution >= 4 is 12.4 Å². The molecule has 0 bridgehead atoms. The highest BCUT2D eigenvalue weighted by Gasteiger charge is 2.14. The van der Waals surface area contributed by atoms with E-state index in [2.05, 4.69) is 50.4 Å². The summed E-state index contributed by atoms with van der Waals surface area (Å²) in [5, 5.41) is 3.58. The van der Waals surface area contributed by atoms with Crippen LogP contribution in [-0.2, 0) is 13.2 Å². The predicted octanol–water partition coefficient (Wildman–Crippen LogP) is 5.36. The highest BCUT2D eigenvalue weighted by atomic mass is 35.5. The molecule has 2 rings (SSSR count). The minimum absolute atomic E-state index is 0. The van der Waals surface area contributed by atoms with Crippen LogP contribution in [0.15, 0.2) is 48.5 Å². The van der Waals surface area contributed by atoms with E-state index in [1.54, 1.807) is 0 Å². The van der Waals surface area contributed by atoms with E-state index >= 15 is 0 Å². The van der Waals surface area contributed by atoms with Crippen molar-refractivity contribution in [3.63, 3.8) is 0 Å². The number of rotatable bonds is 9. The van der Waals surface area contributed by atoms with Crippen LogP contribution in [0.4, 0.5) is 0 Å². The van der Waals surface area contributed by atoms with Gasteiger partial charge in [-0.2, -0.15) is 0 Å². The van der Waals surface area contributed by atoms with E-state index in [1.807, 2.05) is 31.2 Å². The van der Waals surface area contributed by atoms with Crippen LogP contribution in [0.5, 0.6) is 11.5 Å². The predicted molar refractivity (Wildman–Crippen MR) is 107 cm³/mol. The molecule has 2 aromatic carbocycles. The molecule has 0 radical (unpaired) electrons. The summed E-state index contributed by atoms with van der Waals surface area (Å²) in [7, 11) is 0. The Morgan fingerprint density at radius 2 is 1.60 bits per heavy atom. The SMILES string of the molecule is CCOc1cc(CNC(C)(C)CC)ccc1OCc1ccccc1.Cl. The molecule has 0 spiro atoms. The van der Waals surface area contributed by atoms with Crippen molar-refractivity contribution in [2.45, 2.75) is 52.8 Å². The second-order valence-corrected chi connectivity index (χ2v) is 6.58. The lowest BCUT2D eigenvalue weighted by molar-refractivity contribution is 0.269. The first kappa shape index (κ1) is 21.3. The number of ether oxygens (including phenoxy) is 2. The van der Waals surface area contributed by atoms with Crippen molar-refractivity contribution in [2.75, 3.05) is 6.61 Å². The van der Waals surface area contributed by atoms with Gasteiger partial charge in [0.2, 0.25) is 0 Å². The molecule has 0 aromatic heterocycles. The van der Waals surface area contributed by atoms with Crippen molar-refractivity contribution in [1.29, 1.82) is 0 Å². The van der Waals surface area contributed by atoms with E-state index in [-0.39, 0.29) is 17.9 Å². The molecule has 0 saturated carbocycles. The highest BCUT2D eigenvalue weighted by Crippen LogP contribution is 2.29. The molecule has 25 heavy (non-hydrogen) atoms. The topological polar surface area (TPSA) is 30.5 Å². The number of halogens is 1. The molecule has 4 heteroatoms. The van der Waals surface area contributed by atoms with Gasteiger partial charge >= 0.3 is 0 Å². The van der Waals surface area contributed by atoms with Gasteiger partial charge in [0, 0.05) is 12.1 Å². The van der Waals surface area contributed by atoms with Crippen molar-refractivity contribution < 1.29 is 9.47 Å². The molecule has 1 N–H and O–H groups in total. The zero-order valence-electron chi connectivity index (χ0n) is 15.7. The lowest BCUT2D eigenvalue weighted by Gasteiger charge is -2.25. The Kier molecular flexibility index (Phi) is 8.81. The van der Waals surface area contributed by atoms with Crippen LogP contribution in [0.3, 0.4) is 0 Å². The average Bonchev–Trinajstić information content (AvgIpc) is 2.60. The van der Waals surface area contributed by atoms with Crippen LogP contribution in [0.1, 0.15) is 45.2 Å². The maximum absolute atomic E-state index is 5.95. The van der Waals surface area contributed by atoms with Crippen LogP contribution in [0.2, 0.25) is 0 Å². The Morgan fingerprint density at radius 3 is 2.24 bits per heavy atom. The van der Waals surface area contributed by atoms with Gasteiger partial charge in [0.05, 0.1) is 6.61 Å². The molecule has 0 saturated heterocycles. The summed E-state index contributed by atoms with van der Waals surface area (Å²) in [6.45, 7) is 10.6. The summed E-state index contributed by atoms with van der Waals surface area (Å²) in [6.07, 6.45) is 1.09. The van der Waals surface area contributed by atoms with Crippen LogP contribution in [0.25, 0.3) is 0 Å². The minimum Gasteiger partial charge on any atom is -0.490 e. The van der Waals surface area contributed by atoms with E-state index in [9.17, 15) is 0 Å². The van der Waals surface area contributed by atoms with Crippen molar-refractivity contribution in [1.82, 2.24) is 5.32 Å². The van der Waals surface area contributed by atoms with Gasteiger partial charge in [0.25, 0.3) is 0 Å². The van der Waals surface area contributed by atoms with Crippen molar-refractivity contribution in [3.8, 4) is 11.5 Å². The first-order chi connectivity index (χ1) is 11.5. The molecule has 0 atom stereocenters. The first-order valence-corrected chi connectivity index (χ1v) is 8.71. The third-order valence-corrected chi connectivity index (χ3v) is 4.20. The molecule has 0 unspecified atom stereocenters. The van der Waals surface area contributed by atoms with Crippen LogP contribution in [0, 0.1) is 0 Å². The van der Waals surface area contributed by atoms with Gasteiger partial charge in [0.1, 0.15) is 6.61 Å². The molecule has 3 nitrogen and oxygen atoms in total. The molecular formula is C21H30ClNO2. The van der Waals surface area contributed by atoms with Crippen LogP contribution >= 0.6 is 12.4 Å². The fourth-order valence-corrected chi connectivity index (χ4v) is 2.25. The summed E-state index contributed by atoms with van der Waals surface area (Å²) in [5.41, 5.74) is 2.48. The van der Waals surface area contributed by atoms with Crippen molar-refractivity contribution in [3.05, 3.63) is 59.7 Å².